The first-order valence-corrected chi connectivity index (χ1v) is 6.81. The summed E-state index contributed by atoms with van der Waals surface area (Å²) in [5, 5.41) is 4.99. The van der Waals surface area contributed by atoms with Gasteiger partial charge >= 0.3 is 5.97 Å². The van der Waals surface area contributed by atoms with Gasteiger partial charge in [0, 0.05) is 11.6 Å². The molecule has 0 atom stereocenters. The molecule has 8 heteroatoms. The van der Waals surface area contributed by atoms with Crippen molar-refractivity contribution in [3.63, 3.8) is 0 Å². The molecule has 1 amide bonds. The van der Waals surface area contributed by atoms with E-state index >= 15 is 0 Å². The number of aromatic nitrogens is 2. The summed E-state index contributed by atoms with van der Waals surface area (Å²) in [4.78, 5) is 31.0. The Morgan fingerprint density at radius 1 is 1.50 bits per heavy atom. The summed E-state index contributed by atoms with van der Waals surface area (Å²) in [5.74, 6) is -1.09. The van der Waals surface area contributed by atoms with E-state index in [4.69, 9.17) is 16.3 Å². The van der Waals surface area contributed by atoms with Crippen molar-refractivity contribution < 1.29 is 14.3 Å². The Kier molecular flexibility index (Phi) is 4.65. The summed E-state index contributed by atoms with van der Waals surface area (Å²) < 4.78 is 4.86. The van der Waals surface area contributed by atoms with E-state index in [-0.39, 0.29) is 10.7 Å². The molecule has 0 bridgehead atoms. The van der Waals surface area contributed by atoms with Crippen molar-refractivity contribution in [2.45, 2.75) is 6.92 Å². The molecule has 2 aromatic rings. The van der Waals surface area contributed by atoms with Gasteiger partial charge < -0.3 is 4.74 Å². The van der Waals surface area contributed by atoms with Crippen molar-refractivity contribution in [1.29, 1.82) is 0 Å². The van der Waals surface area contributed by atoms with Crippen LogP contribution in [0.15, 0.2) is 23.7 Å². The number of halogens is 1. The second-order valence-corrected chi connectivity index (χ2v) is 5.03. The predicted octanol–water partition coefficient (Wildman–Crippen LogP) is 2.30. The smallest absolute Gasteiger partial charge is 0.338 e. The lowest BCUT2D eigenvalue weighted by atomic mass is 10.3. The third-order valence-electron chi connectivity index (χ3n) is 2.16. The van der Waals surface area contributed by atoms with Crippen molar-refractivity contribution in [1.82, 2.24) is 9.97 Å². The number of carbonyl (C=O) groups is 2. The van der Waals surface area contributed by atoms with Crippen molar-refractivity contribution in [3.05, 3.63) is 40.1 Å². The van der Waals surface area contributed by atoms with Crippen LogP contribution in [0.25, 0.3) is 0 Å². The number of nitrogens with zero attached hydrogens (tertiary/aromatic N) is 2. The second-order valence-electron chi connectivity index (χ2n) is 3.79. The summed E-state index contributed by atoms with van der Waals surface area (Å²) in [6.07, 6.45) is 1.39. The van der Waals surface area contributed by atoms with Gasteiger partial charge in [-0.15, -0.1) is 11.3 Å². The minimum atomic E-state index is -0.639. The number of anilines is 1. The molecule has 0 saturated heterocycles. The second kappa shape index (κ2) is 6.44. The zero-order valence-electron chi connectivity index (χ0n) is 10.4. The molecule has 0 radical (unpaired) electrons. The zero-order chi connectivity index (χ0) is 14.5. The number of aryl methyl sites for hydroxylation is 1. The van der Waals surface area contributed by atoms with Gasteiger partial charge in [0.25, 0.3) is 5.91 Å². The number of rotatable bonds is 4. The quantitative estimate of drug-likeness (QED) is 0.692. The van der Waals surface area contributed by atoms with E-state index in [0.29, 0.717) is 5.13 Å². The highest BCUT2D eigenvalue weighted by Gasteiger charge is 2.11. The number of hydrogen-bond acceptors (Lipinski definition) is 6. The van der Waals surface area contributed by atoms with Crippen LogP contribution in [0.5, 0.6) is 0 Å². The molecule has 0 aromatic carbocycles. The molecule has 0 aliphatic heterocycles. The Hall–Kier alpha value is -1.99. The maximum Gasteiger partial charge on any atom is 0.338 e. The van der Waals surface area contributed by atoms with E-state index in [9.17, 15) is 9.59 Å². The fourth-order valence-electron chi connectivity index (χ4n) is 1.31. The van der Waals surface area contributed by atoms with Crippen molar-refractivity contribution in [2.75, 3.05) is 11.9 Å². The number of thiazole rings is 1. The fraction of sp³-hybridized carbons (Fsp3) is 0.167. The molecule has 2 aromatic heterocycles. The first kappa shape index (κ1) is 14.4. The predicted molar refractivity (Wildman–Crippen MR) is 75.0 cm³/mol. The number of esters is 1. The van der Waals surface area contributed by atoms with E-state index < -0.39 is 18.5 Å². The van der Waals surface area contributed by atoms with Crippen molar-refractivity contribution >= 4 is 39.9 Å². The maximum absolute atomic E-state index is 11.7. The minimum absolute atomic E-state index is 0.183. The van der Waals surface area contributed by atoms with Gasteiger partial charge in [-0.3, -0.25) is 10.1 Å². The Morgan fingerprint density at radius 2 is 2.30 bits per heavy atom. The molecule has 0 fully saturated rings. The first-order valence-electron chi connectivity index (χ1n) is 5.55. The van der Waals surface area contributed by atoms with E-state index in [1.165, 1.54) is 29.7 Å². The molecule has 1 N–H and O–H groups in total. The molecule has 2 heterocycles. The standard InChI is InChI=1S/C12H10ClN3O3S/c1-7-6-20-12(15-7)16-10(17)5-19-11(18)8-2-3-14-9(13)4-8/h2-4,6H,5H2,1H3,(H,15,16,17). The van der Waals surface area contributed by atoms with E-state index in [2.05, 4.69) is 15.3 Å². The van der Waals surface area contributed by atoms with Crippen LogP contribution in [-0.2, 0) is 9.53 Å². The third-order valence-corrected chi connectivity index (χ3v) is 3.24. The number of amides is 1. The van der Waals surface area contributed by atoms with Crippen molar-refractivity contribution in [2.24, 2.45) is 0 Å². The molecular weight excluding hydrogens is 302 g/mol. The van der Waals surface area contributed by atoms with Crippen LogP contribution < -0.4 is 5.32 Å². The molecule has 0 aliphatic carbocycles. The van der Waals surface area contributed by atoms with Gasteiger partial charge in [-0.05, 0) is 19.1 Å². The van der Waals surface area contributed by atoms with Crippen LogP contribution in [0.1, 0.15) is 16.1 Å². The molecule has 6 nitrogen and oxygen atoms in total. The minimum Gasteiger partial charge on any atom is -0.452 e. The van der Waals surface area contributed by atoms with Crippen LogP contribution >= 0.6 is 22.9 Å². The summed E-state index contributed by atoms with van der Waals surface area (Å²) in [7, 11) is 0. The fourth-order valence-corrected chi connectivity index (χ4v) is 2.19. The van der Waals surface area contributed by atoms with Gasteiger partial charge in [-0.1, -0.05) is 11.6 Å². The van der Waals surface area contributed by atoms with Gasteiger partial charge in [0.1, 0.15) is 5.15 Å². The average molecular weight is 312 g/mol. The number of nitrogens with one attached hydrogen (secondary N) is 1. The largest absolute Gasteiger partial charge is 0.452 e. The van der Waals surface area contributed by atoms with Gasteiger partial charge in [-0.25, -0.2) is 14.8 Å². The lowest BCUT2D eigenvalue weighted by molar-refractivity contribution is -0.119. The highest BCUT2D eigenvalue weighted by Crippen LogP contribution is 2.14. The molecule has 2 rings (SSSR count). The molecule has 0 spiro atoms. The Balaban J connectivity index is 1.85. The zero-order valence-corrected chi connectivity index (χ0v) is 12.0. The lowest BCUT2D eigenvalue weighted by Crippen LogP contribution is -2.20. The summed E-state index contributed by atoms with van der Waals surface area (Å²) >= 11 is 6.96. The van der Waals surface area contributed by atoms with Crippen LogP contribution in [0.3, 0.4) is 0 Å². The van der Waals surface area contributed by atoms with Crippen LogP contribution in [0.2, 0.25) is 5.15 Å². The van der Waals surface area contributed by atoms with Crippen LogP contribution in [0.4, 0.5) is 5.13 Å². The Labute approximate surface area is 123 Å². The molecule has 0 aliphatic rings. The monoisotopic (exact) mass is 311 g/mol. The highest BCUT2D eigenvalue weighted by atomic mass is 35.5. The van der Waals surface area contributed by atoms with Crippen molar-refractivity contribution in [3.8, 4) is 0 Å². The van der Waals surface area contributed by atoms with Crippen LogP contribution in [0, 0.1) is 6.92 Å². The maximum atomic E-state index is 11.7. The van der Waals surface area contributed by atoms with E-state index in [1.54, 1.807) is 5.38 Å². The van der Waals surface area contributed by atoms with E-state index in [1.807, 2.05) is 6.92 Å². The number of pyridine rings is 1. The summed E-state index contributed by atoms with van der Waals surface area (Å²) in [6, 6.07) is 2.82. The first-order chi connectivity index (χ1) is 9.54. The number of ether oxygens (including phenoxy) is 1. The van der Waals surface area contributed by atoms with E-state index in [0.717, 1.165) is 5.69 Å². The highest BCUT2D eigenvalue weighted by molar-refractivity contribution is 7.13. The number of hydrogen-bond donors (Lipinski definition) is 1. The third kappa shape index (κ3) is 4.01. The Bertz CT molecular complexity index is 644. The lowest BCUT2D eigenvalue weighted by Gasteiger charge is -2.04. The summed E-state index contributed by atoms with van der Waals surface area (Å²) in [6.45, 7) is 1.43. The average Bonchev–Trinajstić information content (AvgIpc) is 2.81. The number of carbonyl (C=O) groups excluding carboxylic acids is 2. The Morgan fingerprint density at radius 3 is 2.95 bits per heavy atom. The SMILES string of the molecule is Cc1csc(NC(=O)COC(=O)c2ccnc(Cl)c2)n1. The molecule has 104 valence electrons. The van der Waals surface area contributed by atoms with Gasteiger partial charge in [0.15, 0.2) is 11.7 Å². The molecular formula is C12H10ClN3O3S. The molecule has 20 heavy (non-hydrogen) atoms. The topological polar surface area (TPSA) is 81.2 Å². The molecule has 0 unspecified atom stereocenters. The van der Waals surface area contributed by atoms with Gasteiger partial charge in [-0.2, -0.15) is 0 Å². The molecule has 0 saturated carbocycles. The van der Waals surface area contributed by atoms with Gasteiger partial charge in [0.05, 0.1) is 11.3 Å². The summed E-state index contributed by atoms with van der Waals surface area (Å²) in [5.41, 5.74) is 1.05. The van der Waals surface area contributed by atoms with Gasteiger partial charge in [0.2, 0.25) is 0 Å². The normalized spacial score (nSPS) is 10.1. The van der Waals surface area contributed by atoms with Crippen LogP contribution in [-0.4, -0.2) is 28.5 Å².